The van der Waals surface area contributed by atoms with Gasteiger partial charge >= 0.3 is 0 Å². The van der Waals surface area contributed by atoms with Gasteiger partial charge in [-0.3, -0.25) is 4.90 Å². The lowest BCUT2D eigenvalue weighted by molar-refractivity contribution is 0.0371. The van der Waals surface area contributed by atoms with Gasteiger partial charge in [-0.1, -0.05) is 18.6 Å². The largest absolute Gasteiger partial charge is 0.395 e. The molecule has 1 aromatic carbocycles. The second-order valence-corrected chi connectivity index (χ2v) is 5.73. The van der Waals surface area contributed by atoms with Crippen LogP contribution < -0.4 is 4.90 Å². The number of fused-ring (bicyclic) bond motifs is 1. The van der Waals surface area contributed by atoms with E-state index in [1.165, 1.54) is 12.8 Å². The maximum Gasteiger partial charge on any atom is 0.101 e. The molecule has 2 aliphatic rings. The van der Waals surface area contributed by atoms with Crippen molar-refractivity contribution in [1.82, 2.24) is 4.90 Å². The minimum Gasteiger partial charge on any atom is -0.395 e. The van der Waals surface area contributed by atoms with Gasteiger partial charge < -0.3 is 10.0 Å². The molecule has 1 aromatic rings. The van der Waals surface area contributed by atoms with Crippen LogP contribution in [-0.2, 0) is 0 Å². The lowest BCUT2D eigenvalue weighted by atomic mass is 9.93. The zero-order valence-electron chi connectivity index (χ0n) is 11.7. The molecule has 20 heavy (non-hydrogen) atoms. The maximum atomic E-state index is 9.50. The summed E-state index contributed by atoms with van der Waals surface area (Å²) in [5, 5.41) is 18.7. The minimum absolute atomic E-state index is 0.269. The lowest BCUT2D eigenvalue weighted by Gasteiger charge is -2.48. The van der Waals surface area contributed by atoms with Crippen LogP contribution in [0, 0.1) is 11.3 Å². The highest BCUT2D eigenvalue weighted by Crippen LogP contribution is 2.29. The molecular weight excluding hydrogens is 250 g/mol. The Morgan fingerprint density at radius 1 is 1.25 bits per heavy atom. The third-order valence-corrected chi connectivity index (χ3v) is 4.65. The number of hydrogen-bond acceptors (Lipinski definition) is 4. The molecule has 4 nitrogen and oxygen atoms in total. The number of piperazine rings is 1. The third kappa shape index (κ3) is 2.39. The highest BCUT2D eigenvalue weighted by molar-refractivity contribution is 5.59. The molecule has 2 saturated heterocycles. The molecule has 106 valence electrons. The van der Waals surface area contributed by atoms with Crippen molar-refractivity contribution in [2.24, 2.45) is 0 Å². The quantitative estimate of drug-likeness (QED) is 0.887. The summed E-state index contributed by atoms with van der Waals surface area (Å²) in [4.78, 5) is 4.80. The molecule has 4 heteroatoms. The van der Waals surface area contributed by atoms with Crippen molar-refractivity contribution < 1.29 is 5.11 Å². The smallest absolute Gasteiger partial charge is 0.101 e. The van der Waals surface area contributed by atoms with Crippen LogP contribution in [-0.4, -0.2) is 48.3 Å². The zero-order chi connectivity index (χ0) is 13.9. The van der Waals surface area contributed by atoms with Crippen molar-refractivity contribution in [1.29, 1.82) is 5.26 Å². The molecule has 0 aliphatic carbocycles. The van der Waals surface area contributed by atoms with Crippen LogP contribution in [0.4, 0.5) is 5.69 Å². The predicted molar refractivity (Wildman–Crippen MR) is 78.6 cm³/mol. The molecule has 0 bridgehead atoms. The Hall–Kier alpha value is -1.57. The van der Waals surface area contributed by atoms with Crippen LogP contribution in [0.3, 0.4) is 0 Å². The fraction of sp³-hybridized carbons (Fsp3) is 0.562. The molecule has 2 fully saturated rings. The predicted octanol–water partition coefficient (Wildman–Crippen LogP) is 1.59. The summed E-state index contributed by atoms with van der Waals surface area (Å²) in [5.41, 5.74) is 1.82. The number of hydrogen-bond donors (Lipinski definition) is 1. The molecule has 3 rings (SSSR count). The van der Waals surface area contributed by atoms with Gasteiger partial charge in [0.1, 0.15) is 6.07 Å². The van der Waals surface area contributed by atoms with E-state index in [2.05, 4.69) is 15.9 Å². The van der Waals surface area contributed by atoms with E-state index >= 15 is 0 Å². The van der Waals surface area contributed by atoms with Crippen molar-refractivity contribution in [3.05, 3.63) is 29.8 Å². The Balaban J connectivity index is 1.78. The van der Waals surface area contributed by atoms with Gasteiger partial charge in [0.15, 0.2) is 0 Å². The first-order valence-electron chi connectivity index (χ1n) is 7.44. The van der Waals surface area contributed by atoms with Crippen molar-refractivity contribution in [3.63, 3.8) is 0 Å². The van der Waals surface area contributed by atoms with Crippen LogP contribution in [0.5, 0.6) is 0 Å². The first-order chi connectivity index (χ1) is 9.83. The third-order valence-electron chi connectivity index (χ3n) is 4.65. The Morgan fingerprint density at radius 2 is 2.10 bits per heavy atom. The Bertz CT molecular complexity index is 511. The number of aliphatic hydroxyl groups excluding tert-OH is 1. The molecule has 0 spiro atoms. The molecule has 0 amide bonds. The van der Waals surface area contributed by atoms with E-state index < -0.39 is 0 Å². The lowest BCUT2D eigenvalue weighted by Crippen LogP contribution is -2.59. The van der Waals surface area contributed by atoms with Gasteiger partial charge in [0.2, 0.25) is 0 Å². The zero-order valence-corrected chi connectivity index (χ0v) is 11.7. The number of rotatable bonds is 2. The molecule has 1 N–H and O–H groups in total. The molecule has 2 unspecified atom stereocenters. The SMILES string of the molecule is N#Cc1ccccc1N1CCN2C(CO)CCCC2C1. The first-order valence-corrected chi connectivity index (χ1v) is 7.44. The highest BCUT2D eigenvalue weighted by atomic mass is 16.3. The molecule has 2 heterocycles. The van der Waals surface area contributed by atoms with Crippen LogP contribution in [0.2, 0.25) is 0 Å². The molecule has 2 aliphatic heterocycles. The summed E-state index contributed by atoms with van der Waals surface area (Å²) in [5.74, 6) is 0. The average molecular weight is 271 g/mol. The summed E-state index contributed by atoms with van der Waals surface area (Å²) < 4.78 is 0. The summed E-state index contributed by atoms with van der Waals surface area (Å²) >= 11 is 0. The van der Waals surface area contributed by atoms with Gasteiger partial charge in [0.05, 0.1) is 17.9 Å². The van der Waals surface area contributed by atoms with E-state index in [1.807, 2.05) is 24.3 Å². The molecule has 0 saturated carbocycles. The van der Waals surface area contributed by atoms with Crippen molar-refractivity contribution in [2.45, 2.75) is 31.3 Å². The van der Waals surface area contributed by atoms with E-state index in [4.69, 9.17) is 0 Å². The normalized spacial score (nSPS) is 26.9. The standard InChI is InChI=1S/C16H21N3O/c17-10-13-4-1-2-7-16(13)18-8-9-19-14(11-18)5-3-6-15(19)12-20/h1-2,4,7,14-15,20H,3,5-6,8-9,11-12H2. The number of nitrogens with zero attached hydrogens (tertiary/aromatic N) is 3. The van der Waals surface area contributed by atoms with Gasteiger partial charge in [-0.2, -0.15) is 5.26 Å². The second-order valence-electron chi connectivity index (χ2n) is 5.73. The van der Waals surface area contributed by atoms with E-state index in [1.54, 1.807) is 0 Å². The first kappa shape index (κ1) is 13.4. The van der Waals surface area contributed by atoms with E-state index in [-0.39, 0.29) is 6.61 Å². The fourth-order valence-corrected chi connectivity index (χ4v) is 3.62. The summed E-state index contributed by atoms with van der Waals surface area (Å²) in [6, 6.07) is 11.0. The van der Waals surface area contributed by atoms with Crippen molar-refractivity contribution >= 4 is 5.69 Å². The number of nitriles is 1. The average Bonchev–Trinajstić information content (AvgIpc) is 2.53. The molecular formula is C16H21N3O. The molecule has 2 atom stereocenters. The van der Waals surface area contributed by atoms with Crippen LogP contribution in [0.15, 0.2) is 24.3 Å². The molecule has 0 radical (unpaired) electrons. The van der Waals surface area contributed by atoms with Crippen LogP contribution in [0.1, 0.15) is 24.8 Å². The van der Waals surface area contributed by atoms with Gasteiger partial charge in [-0.15, -0.1) is 0 Å². The monoisotopic (exact) mass is 271 g/mol. The number of aliphatic hydroxyl groups is 1. The van der Waals surface area contributed by atoms with E-state index in [0.717, 1.165) is 37.3 Å². The van der Waals surface area contributed by atoms with Gasteiger partial charge in [-0.05, 0) is 25.0 Å². The Kier molecular flexibility index (Phi) is 3.90. The number of para-hydroxylation sites is 1. The minimum atomic E-state index is 0.269. The Labute approximate surface area is 120 Å². The Morgan fingerprint density at radius 3 is 2.90 bits per heavy atom. The topological polar surface area (TPSA) is 50.5 Å². The van der Waals surface area contributed by atoms with Crippen molar-refractivity contribution in [2.75, 3.05) is 31.1 Å². The van der Waals surface area contributed by atoms with Gasteiger partial charge in [-0.25, -0.2) is 0 Å². The number of benzene rings is 1. The second kappa shape index (κ2) is 5.82. The fourth-order valence-electron chi connectivity index (χ4n) is 3.62. The van der Waals surface area contributed by atoms with E-state index in [9.17, 15) is 10.4 Å². The number of anilines is 1. The maximum absolute atomic E-state index is 9.50. The summed E-state index contributed by atoms with van der Waals surface area (Å²) in [6.07, 6.45) is 3.50. The van der Waals surface area contributed by atoms with Crippen LogP contribution in [0.25, 0.3) is 0 Å². The molecule has 0 aromatic heterocycles. The summed E-state index contributed by atoms with van der Waals surface area (Å²) in [7, 11) is 0. The highest BCUT2D eigenvalue weighted by Gasteiger charge is 2.34. The van der Waals surface area contributed by atoms with Gasteiger partial charge in [0, 0.05) is 31.7 Å². The summed E-state index contributed by atoms with van der Waals surface area (Å²) in [6.45, 7) is 3.15. The van der Waals surface area contributed by atoms with Crippen LogP contribution >= 0.6 is 0 Å². The van der Waals surface area contributed by atoms with Gasteiger partial charge in [0.25, 0.3) is 0 Å². The van der Waals surface area contributed by atoms with E-state index in [0.29, 0.717) is 12.1 Å². The number of piperidine rings is 1. The van der Waals surface area contributed by atoms with Crippen molar-refractivity contribution in [3.8, 4) is 6.07 Å².